The summed E-state index contributed by atoms with van der Waals surface area (Å²) >= 11 is 0. The quantitative estimate of drug-likeness (QED) is 0.332. The van der Waals surface area contributed by atoms with Gasteiger partial charge < -0.3 is 5.32 Å². The number of amides is 1. The van der Waals surface area contributed by atoms with Crippen molar-refractivity contribution >= 4 is 15.9 Å². The number of halogens is 4. The van der Waals surface area contributed by atoms with Gasteiger partial charge in [-0.1, -0.05) is 24.8 Å². The molecule has 1 aromatic heterocycles. The van der Waals surface area contributed by atoms with Gasteiger partial charge in [-0.15, -0.1) is 0 Å². The van der Waals surface area contributed by atoms with Crippen LogP contribution in [0, 0.1) is 12.7 Å². The maximum Gasteiger partial charge on any atom is 0.416 e. The SMILES string of the molecule is C=C(C(=O)NCc1ccnc(-c2ccc(C(F)(F)F)cc2)c1)N(CC)S(=O)(=O)c1ccc(C)c(F)c1. The van der Waals surface area contributed by atoms with Gasteiger partial charge in [-0.3, -0.25) is 14.1 Å². The lowest BCUT2D eigenvalue weighted by molar-refractivity contribution is -0.137. The zero-order chi connectivity index (χ0) is 26.7. The van der Waals surface area contributed by atoms with Gasteiger partial charge in [-0.2, -0.15) is 13.2 Å². The first-order chi connectivity index (χ1) is 16.8. The molecule has 0 unspecified atom stereocenters. The molecule has 6 nitrogen and oxygen atoms in total. The zero-order valence-electron chi connectivity index (χ0n) is 19.4. The Morgan fingerprint density at radius 2 is 1.75 bits per heavy atom. The van der Waals surface area contributed by atoms with Crippen LogP contribution in [0.3, 0.4) is 0 Å². The van der Waals surface area contributed by atoms with Crippen molar-refractivity contribution in [2.24, 2.45) is 0 Å². The average molecular weight is 522 g/mol. The summed E-state index contributed by atoms with van der Waals surface area (Å²) in [5, 5.41) is 2.57. The molecule has 0 radical (unpaired) electrons. The first-order valence-corrected chi connectivity index (χ1v) is 12.2. The van der Waals surface area contributed by atoms with E-state index in [4.69, 9.17) is 0 Å². The third-order valence-electron chi connectivity index (χ3n) is 5.37. The van der Waals surface area contributed by atoms with E-state index in [1.54, 1.807) is 12.1 Å². The van der Waals surface area contributed by atoms with E-state index in [0.29, 0.717) is 16.8 Å². The molecule has 0 fully saturated rings. The Balaban J connectivity index is 1.72. The van der Waals surface area contributed by atoms with Crippen LogP contribution in [0.25, 0.3) is 11.3 Å². The van der Waals surface area contributed by atoms with Gasteiger partial charge in [0.15, 0.2) is 0 Å². The number of benzene rings is 2. The average Bonchev–Trinajstić information content (AvgIpc) is 2.84. The molecule has 190 valence electrons. The normalized spacial score (nSPS) is 11.7. The Bertz CT molecular complexity index is 1390. The first kappa shape index (κ1) is 26.9. The highest BCUT2D eigenvalue weighted by molar-refractivity contribution is 7.89. The van der Waals surface area contributed by atoms with E-state index in [-0.39, 0.29) is 29.2 Å². The molecule has 0 aliphatic rings. The second kappa shape index (κ2) is 10.5. The van der Waals surface area contributed by atoms with Crippen LogP contribution in [-0.2, 0) is 27.5 Å². The van der Waals surface area contributed by atoms with Crippen LogP contribution in [-0.4, -0.2) is 30.2 Å². The van der Waals surface area contributed by atoms with Crippen molar-refractivity contribution in [2.75, 3.05) is 6.54 Å². The lowest BCUT2D eigenvalue weighted by atomic mass is 10.1. The molecule has 2 aromatic carbocycles. The molecule has 0 atom stereocenters. The number of nitrogens with zero attached hydrogens (tertiary/aromatic N) is 2. The van der Waals surface area contributed by atoms with E-state index in [1.807, 2.05) is 0 Å². The fraction of sp³-hybridized carbons (Fsp3) is 0.200. The highest BCUT2D eigenvalue weighted by Gasteiger charge is 2.30. The third kappa shape index (κ3) is 5.91. The number of hydrogen-bond donors (Lipinski definition) is 1. The number of aryl methyl sites for hydroxylation is 1. The largest absolute Gasteiger partial charge is 0.416 e. The highest BCUT2D eigenvalue weighted by Crippen LogP contribution is 2.30. The first-order valence-electron chi connectivity index (χ1n) is 10.7. The topological polar surface area (TPSA) is 79.4 Å². The number of pyridine rings is 1. The lowest BCUT2D eigenvalue weighted by Gasteiger charge is -2.24. The molecule has 11 heteroatoms. The lowest BCUT2D eigenvalue weighted by Crippen LogP contribution is -2.38. The number of aromatic nitrogens is 1. The van der Waals surface area contributed by atoms with Crippen LogP contribution in [0.2, 0.25) is 0 Å². The van der Waals surface area contributed by atoms with E-state index >= 15 is 0 Å². The Labute approximate surface area is 206 Å². The van der Waals surface area contributed by atoms with Crippen molar-refractivity contribution in [3.8, 4) is 11.3 Å². The van der Waals surface area contributed by atoms with E-state index < -0.39 is 33.5 Å². The number of nitrogens with one attached hydrogen (secondary N) is 1. The molecular weight excluding hydrogens is 498 g/mol. The van der Waals surface area contributed by atoms with E-state index in [0.717, 1.165) is 22.5 Å². The van der Waals surface area contributed by atoms with Crippen molar-refractivity contribution in [3.05, 3.63) is 95.6 Å². The molecule has 0 saturated carbocycles. The summed E-state index contributed by atoms with van der Waals surface area (Å²) in [5.74, 6) is -1.45. The van der Waals surface area contributed by atoms with Gasteiger partial charge in [-0.25, -0.2) is 12.8 Å². The summed E-state index contributed by atoms with van der Waals surface area (Å²) in [5.41, 5.74) is 0.573. The minimum Gasteiger partial charge on any atom is -0.347 e. The van der Waals surface area contributed by atoms with Crippen LogP contribution in [0.5, 0.6) is 0 Å². The Morgan fingerprint density at radius 3 is 2.33 bits per heavy atom. The number of sulfonamides is 1. The second-order valence-corrected chi connectivity index (χ2v) is 9.70. The Hall–Kier alpha value is -3.73. The summed E-state index contributed by atoms with van der Waals surface area (Å²) in [6.07, 6.45) is -3.01. The van der Waals surface area contributed by atoms with Crippen molar-refractivity contribution in [3.63, 3.8) is 0 Å². The summed E-state index contributed by atoms with van der Waals surface area (Å²) in [4.78, 5) is 16.5. The van der Waals surface area contributed by atoms with Gasteiger partial charge in [0.05, 0.1) is 16.2 Å². The maximum atomic E-state index is 13.9. The van der Waals surface area contributed by atoms with Gasteiger partial charge in [0.1, 0.15) is 11.5 Å². The van der Waals surface area contributed by atoms with Gasteiger partial charge in [-0.05, 0) is 61.4 Å². The molecule has 36 heavy (non-hydrogen) atoms. The molecule has 0 spiro atoms. The van der Waals surface area contributed by atoms with Crippen LogP contribution in [0.15, 0.2) is 78.0 Å². The predicted molar refractivity (Wildman–Crippen MR) is 126 cm³/mol. The Kier molecular flexibility index (Phi) is 7.83. The maximum absolute atomic E-state index is 13.9. The number of carbonyl (C=O) groups excluding carboxylic acids is 1. The minimum atomic E-state index is -4.45. The zero-order valence-corrected chi connectivity index (χ0v) is 20.3. The second-order valence-electron chi connectivity index (χ2n) is 7.83. The number of carbonyl (C=O) groups is 1. The number of alkyl halides is 3. The van der Waals surface area contributed by atoms with Gasteiger partial charge in [0.25, 0.3) is 15.9 Å². The standard InChI is InChI=1S/C25H23F4N3O3S/c1-4-32(36(34,35)21-10-5-16(2)22(26)14-21)17(3)24(33)31-15-18-11-12-30-23(13-18)19-6-8-20(9-7-19)25(27,28)29/h5-14H,3-4,15H2,1-2H3,(H,31,33). The minimum absolute atomic E-state index is 0.0230. The third-order valence-corrected chi connectivity index (χ3v) is 7.28. The van der Waals surface area contributed by atoms with Crippen molar-refractivity contribution in [2.45, 2.75) is 31.5 Å². The van der Waals surface area contributed by atoms with Crippen LogP contribution in [0.1, 0.15) is 23.6 Å². The van der Waals surface area contributed by atoms with E-state index in [1.165, 1.54) is 44.3 Å². The predicted octanol–water partition coefficient (Wildman–Crippen LogP) is 5.06. The highest BCUT2D eigenvalue weighted by atomic mass is 32.2. The fourth-order valence-electron chi connectivity index (χ4n) is 3.34. The molecule has 0 saturated heterocycles. The fourth-order valence-corrected chi connectivity index (χ4v) is 4.80. The van der Waals surface area contributed by atoms with Crippen LogP contribution < -0.4 is 5.32 Å². The summed E-state index contributed by atoms with van der Waals surface area (Å²) in [6, 6.07) is 11.2. The Morgan fingerprint density at radius 1 is 1.08 bits per heavy atom. The molecule has 0 aliphatic carbocycles. The van der Waals surface area contributed by atoms with Crippen LogP contribution in [0.4, 0.5) is 17.6 Å². The molecule has 3 rings (SSSR count). The van der Waals surface area contributed by atoms with Crippen molar-refractivity contribution < 1.29 is 30.8 Å². The number of rotatable bonds is 8. The van der Waals surface area contributed by atoms with Gasteiger partial charge in [0, 0.05) is 24.8 Å². The molecule has 1 amide bonds. The van der Waals surface area contributed by atoms with Gasteiger partial charge in [0.2, 0.25) is 0 Å². The number of likely N-dealkylation sites (N-methyl/N-ethyl adjacent to an activating group) is 1. The summed E-state index contributed by atoms with van der Waals surface area (Å²) < 4.78 is 79.0. The molecule has 1 N–H and O–H groups in total. The molecule has 3 aromatic rings. The molecular formula is C25H23F4N3O3S. The summed E-state index contributed by atoms with van der Waals surface area (Å²) in [7, 11) is -4.23. The molecule has 0 bridgehead atoms. The smallest absolute Gasteiger partial charge is 0.347 e. The van der Waals surface area contributed by atoms with Gasteiger partial charge >= 0.3 is 6.18 Å². The van der Waals surface area contributed by atoms with Crippen LogP contribution >= 0.6 is 0 Å². The summed E-state index contributed by atoms with van der Waals surface area (Å²) in [6.45, 7) is 6.47. The van der Waals surface area contributed by atoms with E-state index in [2.05, 4.69) is 16.9 Å². The van der Waals surface area contributed by atoms with Crippen molar-refractivity contribution in [1.29, 1.82) is 0 Å². The molecule has 1 heterocycles. The number of hydrogen-bond acceptors (Lipinski definition) is 4. The van der Waals surface area contributed by atoms with Crippen molar-refractivity contribution in [1.82, 2.24) is 14.6 Å². The monoisotopic (exact) mass is 521 g/mol. The van der Waals surface area contributed by atoms with E-state index in [9.17, 15) is 30.8 Å². The molecule has 0 aliphatic heterocycles.